The van der Waals surface area contributed by atoms with Gasteiger partial charge in [0.15, 0.2) is 0 Å². The van der Waals surface area contributed by atoms with Crippen LogP contribution < -0.4 is 0 Å². The van der Waals surface area contributed by atoms with E-state index in [1.165, 1.54) is 0 Å². The van der Waals surface area contributed by atoms with Gasteiger partial charge in [0.05, 0.1) is 18.9 Å². The first-order valence-corrected chi connectivity index (χ1v) is 6.79. The van der Waals surface area contributed by atoms with E-state index in [1.54, 1.807) is 6.26 Å². The Kier molecular flexibility index (Phi) is 4.99. The summed E-state index contributed by atoms with van der Waals surface area (Å²) in [4.78, 5) is 16.1. The van der Waals surface area contributed by atoms with E-state index in [2.05, 4.69) is 4.90 Å². The van der Waals surface area contributed by atoms with Gasteiger partial charge in [-0.25, -0.2) is 0 Å². The lowest BCUT2D eigenvalue weighted by Crippen LogP contribution is -2.49. The molecule has 5 heteroatoms. The van der Waals surface area contributed by atoms with Crippen LogP contribution in [0.1, 0.15) is 19.6 Å². The molecule has 1 saturated heterocycles. The first kappa shape index (κ1) is 14.1. The fourth-order valence-corrected chi connectivity index (χ4v) is 2.11. The summed E-state index contributed by atoms with van der Waals surface area (Å²) in [6, 6.07) is 3.88. The van der Waals surface area contributed by atoms with Gasteiger partial charge in [0.25, 0.3) is 0 Å². The molecular weight excluding hydrogens is 244 g/mol. The maximum Gasteiger partial charge on any atom is 0.248 e. The Morgan fingerprint density at radius 3 is 2.68 bits per heavy atom. The van der Waals surface area contributed by atoms with Gasteiger partial charge in [0.1, 0.15) is 12.4 Å². The van der Waals surface area contributed by atoms with Crippen molar-refractivity contribution < 1.29 is 13.9 Å². The lowest BCUT2D eigenvalue weighted by molar-refractivity contribution is -0.139. The number of carbonyl (C=O) groups is 1. The normalized spacial score (nSPS) is 17.1. The average molecular weight is 266 g/mol. The van der Waals surface area contributed by atoms with Crippen molar-refractivity contribution in [3.05, 3.63) is 24.2 Å². The molecule has 106 valence electrons. The summed E-state index contributed by atoms with van der Waals surface area (Å²) in [5.74, 6) is 1.06. The van der Waals surface area contributed by atoms with Crippen LogP contribution in [0.25, 0.3) is 0 Å². The number of rotatable bonds is 5. The molecule has 1 amide bonds. The number of ether oxygens (including phenoxy) is 1. The third kappa shape index (κ3) is 4.36. The van der Waals surface area contributed by atoms with Gasteiger partial charge in [0.2, 0.25) is 5.91 Å². The average Bonchev–Trinajstić information content (AvgIpc) is 2.89. The van der Waals surface area contributed by atoms with E-state index in [0.717, 1.165) is 38.5 Å². The number of amides is 1. The third-order valence-corrected chi connectivity index (χ3v) is 3.22. The Morgan fingerprint density at radius 2 is 2.11 bits per heavy atom. The Balaban J connectivity index is 1.71. The molecule has 19 heavy (non-hydrogen) atoms. The second kappa shape index (κ2) is 6.73. The van der Waals surface area contributed by atoms with Crippen LogP contribution in [0.5, 0.6) is 0 Å². The van der Waals surface area contributed by atoms with Gasteiger partial charge >= 0.3 is 0 Å². The maximum absolute atomic E-state index is 11.9. The van der Waals surface area contributed by atoms with E-state index >= 15 is 0 Å². The predicted octanol–water partition coefficient (Wildman–Crippen LogP) is 1.35. The second-order valence-corrected chi connectivity index (χ2v) is 5.10. The van der Waals surface area contributed by atoms with Crippen molar-refractivity contribution in [3.63, 3.8) is 0 Å². The highest BCUT2D eigenvalue weighted by Gasteiger charge is 2.21. The predicted molar refractivity (Wildman–Crippen MR) is 71.7 cm³/mol. The molecule has 1 aromatic heterocycles. The first-order chi connectivity index (χ1) is 9.15. The van der Waals surface area contributed by atoms with Crippen LogP contribution in [0.15, 0.2) is 22.8 Å². The van der Waals surface area contributed by atoms with Crippen molar-refractivity contribution in [2.24, 2.45) is 0 Å². The van der Waals surface area contributed by atoms with E-state index in [4.69, 9.17) is 9.15 Å². The van der Waals surface area contributed by atoms with Crippen LogP contribution in [0, 0.1) is 0 Å². The summed E-state index contributed by atoms with van der Waals surface area (Å²) < 4.78 is 10.7. The molecule has 0 aromatic carbocycles. The summed E-state index contributed by atoms with van der Waals surface area (Å²) in [6.45, 7) is 8.18. The van der Waals surface area contributed by atoms with Crippen LogP contribution in [-0.2, 0) is 16.1 Å². The van der Waals surface area contributed by atoms with Gasteiger partial charge in [-0.2, -0.15) is 0 Å². The fourth-order valence-electron chi connectivity index (χ4n) is 2.11. The van der Waals surface area contributed by atoms with Gasteiger partial charge in [0, 0.05) is 26.2 Å². The van der Waals surface area contributed by atoms with Crippen molar-refractivity contribution in [1.29, 1.82) is 0 Å². The van der Waals surface area contributed by atoms with Crippen LogP contribution in [-0.4, -0.2) is 54.6 Å². The largest absolute Gasteiger partial charge is 0.468 e. The standard InChI is InChI=1S/C14H22N2O3/c1-12(2)19-11-14(17)16-7-5-15(6-8-16)10-13-4-3-9-18-13/h3-4,9,12H,5-8,10-11H2,1-2H3. The Morgan fingerprint density at radius 1 is 1.37 bits per heavy atom. The Bertz CT molecular complexity index is 381. The molecule has 2 heterocycles. The zero-order chi connectivity index (χ0) is 13.7. The van der Waals surface area contributed by atoms with E-state index in [0.29, 0.717) is 0 Å². The van der Waals surface area contributed by atoms with Crippen molar-refractivity contribution >= 4 is 5.91 Å². The van der Waals surface area contributed by atoms with Crippen molar-refractivity contribution in [2.45, 2.75) is 26.5 Å². The zero-order valence-electron chi connectivity index (χ0n) is 11.7. The minimum atomic E-state index is 0.0892. The quantitative estimate of drug-likeness (QED) is 0.807. The number of piperazine rings is 1. The number of hydrogen-bond donors (Lipinski definition) is 0. The first-order valence-electron chi connectivity index (χ1n) is 6.79. The lowest BCUT2D eigenvalue weighted by Gasteiger charge is -2.34. The molecule has 0 aliphatic carbocycles. The van der Waals surface area contributed by atoms with Crippen LogP contribution >= 0.6 is 0 Å². The van der Waals surface area contributed by atoms with Crippen molar-refractivity contribution in [3.8, 4) is 0 Å². The zero-order valence-corrected chi connectivity index (χ0v) is 11.7. The van der Waals surface area contributed by atoms with Gasteiger partial charge in [-0.05, 0) is 26.0 Å². The highest BCUT2D eigenvalue weighted by molar-refractivity contribution is 5.77. The van der Waals surface area contributed by atoms with Gasteiger partial charge < -0.3 is 14.1 Å². The highest BCUT2D eigenvalue weighted by Crippen LogP contribution is 2.09. The molecule has 0 radical (unpaired) electrons. The summed E-state index contributed by atoms with van der Waals surface area (Å²) in [5.41, 5.74) is 0. The molecule has 1 aliphatic rings. The minimum absolute atomic E-state index is 0.0892. The molecule has 0 saturated carbocycles. The SMILES string of the molecule is CC(C)OCC(=O)N1CCN(Cc2ccco2)CC1. The molecule has 0 unspecified atom stereocenters. The molecule has 0 spiro atoms. The number of furan rings is 1. The van der Waals surface area contributed by atoms with Crippen molar-refractivity contribution in [1.82, 2.24) is 9.80 Å². The van der Waals surface area contributed by atoms with E-state index < -0.39 is 0 Å². The molecule has 0 atom stereocenters. The molecular formula is C14H22N2O3. The molecule has 5 nitrogen and oxygen atoms in total. The molecule has 1 aliphatic heterocycles. The van der Waals surface area contributed by atoms with Gasteiger partial charge in [-0.1, -0.05) is 0 Å². The minimum Gasteiger partial charge on any atom is -0.468 e. The van der Waals surface area contributed by atoms with E-state index in [9.17, 15) is 4.79 Å². The third-order valence-electron chi connectivity index (χ3n) is 3.22. The molecule has 0 N–H and O–H groups in total. The molecule has 1 aromatic rings. The summed E-state index contributed by atoms with van der Waals surface area (Å²) in [6.07, 6.45) is 1.79. The highest BCUT2D eigenvalue weighted by atomic mass is 16.5. The van der Waals surface area contributed by atoms with Crippen LogP contribution in [0.4, 0.5) is 0 Å². The van der Waals surface area contributed by atoms with Crippen molar-refractivity contribution in [2.75, 3.05) is 32.8 Å². The van der Waals surface area contributed by atoms with Gasteiger partial charge in [-0.15, -0.1) is 0 Å². The molecule has 0 bridgehead atoms. The monoisotopic (exact) mass is 266 g/mol. The fraction of sp³-hybridized carbons (Fsp3) is 0.643. The lowest BCUT2D eigenvalue weighted by atomic mass is 10.3. The second-order valence-electron chi connectivity index (χ2n) is 5.10. The van der Waals surface area contributed by atoms with E-state index in [-0.39, 0.29) is 18.6 Å². The van der Waals surface area contributed by atoms with Gasteiger partial charge in [-0.3, -0.25) is 9.69 Å². The Labute approximate surface area is 114 Å². The smallest absolute Gasteiger partial charge is 0.248 e. The van der Waals surface area contributed by atoms with Crippen LogP contribution in [0.3, 0.4) is 0 Å². The van der Waals surface area contributed by atoms with Crippen LogP contribution in [0.2, 0.25) is 0 Å². The van der Waals surface area contributed by atoms with E-state index in [1.807, 2.05) is 30.9 Å². The summed E-state index contributed by atoms with van der Waals surface area (Å²) in [7, 11) is 0. The summed E-state index contributed by atoms with van der Waals surface area (Å²) in [5, 5.41) is 0. The number of carbonyl (C=O) groups excluding carboxylic acids is 1. The summed E-state index contributed by atoms with van der Waals surface area (Å²) >= 11 is 0. The molecule has 2 rings (SSSR count). The topological polar surface area (TPSA) is 45.9 Å². The number of nitrogens with zero attached hydrogens (tertiary/aromatic N) is 2. The Hall–Kier alpha value is -1.33. The number of hydrogen-bond acceptors (Lipinski definition) is 4. The maximum atomic E-state index is 11.9. The molecule has 1 fully saturated rings.